The van der Waals surface area contributed by atoms with Crippen molar-refractivity contribution >= 4 is 5.97 Å². The Hall–Kier alpha value is -0.690. The minimum absolute atomic E-state index is 0.00294. The van der Waals surface area contributed by atoms with E-state index >= 15 is 0 Å². The van der Waals surface area contributed by atoms with Gasteiger partial charge in [-0.3, -0.25) is 4.79 Å². The van der Waals surface area contributed by atoms with Gasteiger partial charge in [0.1, 0.15) is 5.60 Å². The maximum Gasteiger partial charge on any atom is 0.312 e. The number of carbonyl (C=O) groups excluding carboxylic acids is 1. The van der Waals surface area contributed by atoms with Crippen molar-refractivity contribution in [1.82, 2.24) is 0 Å². The molecule has 0 spiro atoms. The lowest BCUT2D eigenvalue weighted by Gasteiger charge is -2.65. The summed E-state index contributed by atoms with van der Waals surface area (Å²) in [5.41, 5.74) is -2.32. The standard InChI is InChI=1S/C30H54O6/c1-12-32-21(3)34-28-14-23-15-29(18-28,35-22(4)33-13-2)20-30(16-23,19-28)36-24(31)27(11,26(8,9)10)17-25(5,6)7/h21-23H,12-20H2,1-11H3. The molecule has 0 N–H and O–H groups in total. The molecule has 0 amide bonds. The van der Waals surface area contributed by atoms with Crippen LogP contribution in [0, 0.1) is 22.2 Å². The van der Waals surface area contributed by atoms with Crippen molar-refractivity contribution in [1.29, 1.82) is 0 Å². The monoisotopic (exact) mass is 510 g/mol. The number of esters is 1. The molecule has 0 aliphatic heterocycles. The van der Waals surface area contributed by atoms with E-state index in [9.17, 15) is 4.79 Å². The number of carbonyl (C=O) groups is 1. The van der Waals surface area contributed by atoms with Crippen LogP contribution in [0.3, 0.4) is 0 Å². The first-order valence-corrected chi connectivity index (χ1v) is 14.2. The van der Waals surface area contributed by atoms with Crippen LogP contribution in [0.4, 0.5) is 0 Å². The van der Waals surface area contributed by atoms with Gasteiger partial charge in [-0.05, 0) is 77.0 Å². The molecule has 4 rings (SSSR count). The lowest BCUT2D eigenvalue weighted by molar-refractivity contribution is -0.335. The Morgan fingerprint density at radius 2 is 1.19 bits per heavy atom. The van der Waals surface area contributed by atoms with Gasteiger partial charge in [-0.2, -0.15) is 0 Å². The second-order valence-electron chi connectivity index (χ2n) is 14.5. The predicted octanol–water partition coefficient (Wildman–Crippen LogP) is 7.03. The van der Waals surface area contributed by atoms with Gasteiger partial charge in [0.05, 0.1) is 16.6 Å². The molecule has 4 saturated carbocycles. The predicted molar refractivity (Wildman–Crippen MR) is 141 cm³/mol. The summed E-state index contributed by atoms with van der Waals surface area (Å²) in [6.45, 7) is 24.3. The molecule has 6 heteroatoms. The fourth-order valence-corrected chi connectivity index (χ4v) is 7.81. The first-order valence-electron chi connectivity index (χ1n) is 14.2. The first-order chi connectivity index (χ1) is 16.4. The normalized spacial score (nSPS) is 35.4. The van der Waals surface area contributed by atoms with E-state index in [4.69, 9.17) is 23.7 Å². The van der Waals surface area contributed by atoms with Gasteiger partial charge in [-0.1, -0.05) is 41.5 Å². The molecule has 4 bridgehead atoms. The molecule has 5 unspecified atom stereocenters. The summed E-state index contributed by atoms with van der Waals surface area (Å²) in [6, 6.07) is 0. The third-order valence-corrected chi connectivity index (χ3v) is 8.85. The molecule has 4 aliphatic carbocycles. The molecule has 36 heavy (non-hydrogen) atoms. The van der Waals surface area contributed by atoms with Gasteiger partial charge in [0.2, 0.25) is 0 Å². The highest BCUT2D eigenvalue weighted by atomic mass is 16.7. The molecule has 0 radical (unpaired) electrons. The highest BCUT2D eigenvalue weighted by molar-refractivity contribution is 5.78. The van der Waals surface area contributed by atoms with Crippen LogP contribution in [0.15, 0.2) is 0 Å². The van der Waals surface area contributed by atoms with Crippen LogP contribution in [0.1, 0.15) is 121 Å². The van der Waals surface area contributed by atoms with E-state index in [0.717, 1.165) is 32.1 Å². The van der Waals surface area contributed by atoms with E-state index in [1.165, 1.54) is 0 Å². The van der Waals surface area contributed by atoms with Gasteiger partial charge in [-0.15, -0.1) is 0 Å². The summed E-state index contributed by atoms with van der Waals surface area (Å²) in [5, 5.41) is 0. The van der Waals surface area contributed by atoms with Gasteiger partial charge < -0.3 is 23.7 Å². The molecule has 0 heterocycles. The lowest BCUT2D eigenvalue weighted by atomic mass is 9.50. The number of ether oxygens (including phenoxy) is 5. The van der Waals surface area contributed by atoms with E-state index < -0.39 is 22.2 Å². The summed E-state index contributed by atoms with van der Waals surface area (Å²) in [5.74, 6) is 0.285. The molecule has 0 aromatic heterocycles. The highest BCUT2D eigenvalue weighted by Gasteiger charge is 2.68. The van der Waals surface area contributed by atoms with Crippen molar-refractivity contribution in [3.63, 3.8) is 0 Å². The Morgan fingerprint density at radius 3 is 1.58 bits per heavy atom. The van der Waals surface area contributed by atoms with Crippen molar-refractivity contribution in [2.45, 2.75) is 150 Å². The fraction of sp³-hybridized carbons (Fsp3) is 0.967. The Balaban J connectivity index is 1.96. The van der Waals surface area contributed by atoms with Crippen molar-refractivity contribution in [2.75, 3.05) is 13.2 Å². The number of hydrogen-bond donors (Lipinski definition) is 0. The quantitative estimate of drug-likeness (QED) is 0.220. The smallest absolute Gasteiger partial charge is 0.312 e. The van der Waals surface area contributed by atoms with Gasteiger partial charge in [-0.25, -0.2) is 0 Å². The second kappa shape index (κ2) is 10.1. The van der Waals surface area contributed by atoms with Crippen LogP contribution < -0.4 is 0 Å². The van der Waals surface area contributed by atoms with Crippen LogP contribution in [0.25, 0.3) is 0 Å². The minimum atomic E-state index is -0.617. The van der Waals surface area contributed by atoms with Crippen molar-refractivity contribution < 1.29 is 28.5 Å². The zero-order valence-corrected chi connectivity index (χ0v) is 25.0. The summed E-state index contributed by atoms with van der Waals surface area (Å²) < 4.78 is 31.7. The Labute approximate surface area is 220 Å². The molecule has 4 aliphatic rings. The van der Waals surface area contributed by atoms with Crippen LogP contribution >= 0.6 is 0 Å². The summed E-state index contributed by atoms with van der Waals surface area (Å²) in [7, 11) is 0. The molecular formula is C30H54O6. The summed E-state index contributed by atoms with van der Waals surface area (Å²) >= 11 is 0. The SMILES string of the molecule is CCOC(C)OC12CC3CC(OC(=O)C(C)(CC(C)(C)C)C(C)(C)C)(C1)CC(OC(C)OCC)(C3)C2. The average molecular weight is 511 g/mol. The van der Waals surface area contributed by atoms with Gasteiger partial charge in [0, 0.05) is 32.5 Å². The molecule has 0 aromatic carbocycles. The molecule has 5 atom stereocenters. The summed E-state index contributed by atoms with van der Waals surface area (Å²) in [4.78, 5) is 14.2. The van der Waals surface area contributed by atoms with Gasteiger partial charge in [0.15, 0.2) is 12.6 Å². The van der Waals surface area contributed by atoms with E-state index in [1.54, 1.807) is 0 Å². The zero-order valence-electron chi connectivity index (χ0n) is 25.0. The van der Waals surface area contributed by atoms with E-state index in [1.807, 2.05) is 27.7 Å². The number of rotatable bonds is 11. The zero-order chi connectivity index (χ0) is 27.2. The number of hydrogen-bond acceptors (Lipinski definition) is 6. The molecule has 0 saturated heterocycles. The Morgan fingerprint density at radius 1 is 0.778 bits per heavy atom. The van der Waals surface area contributed by atoms with E-state index in [-0.39, 0.29) is 29.4 Å². The molecule has 210 valence electrons. The van der Waals surface area contributed by atoms with Gasteiger partial charge >= 0.3 is 5.97 Å². The Kier molecular flexibility index (Phi) is 8.40. The van der Waals surface area contributed by atoms with Crippen molar-refractivity contribution in [3.8, 4) is 0 Å². The van der Waals surface area contributed by atoms with Crippen LogP contribution in [0.5, 0.6) is 0 Å². The van der Waals surface area contributed by atoms with E-state index in [0.29, 0.717) is 32.0 Å². The maximum absolute atomic E-state index is 14.2. The Bertz CT molecular complexity index is 749. The fourth-order valence-electron chi connectivity index (χ4n) is 7.81. The molecular weight excluding hydrogens is 456 g/mol. The van der Waals surface area contributed by atoms with Crippen LogP contribution in [-0.2, 0) is 28.5 Å². The van der Waals surface area contributed by atoms with E-state index in [2.05, 4.69) is 48.5 Å². The van der Waals surface area contributed by atoms with Crippen molar-refractivity contribution in [2.24, 2.45) is 22.2 Å². The molecule has 6 nitrogen and oxygen atoms in total. The lowest BCUT2D eigenvalue weighted by Crippen LogP contribution is -2.69. The third kappa shape index (κ3) is 6.30. The van der Waals surface area contributed by atoms with Crippen molar-refractivity contribution in [3.05, 3.63) is 0 Å². The molecule has 0 aromatic rings. The minimum Gasteiger partial charge on any atom is -0.458 e. The second-order valence-corrected chi connectivity index (χ2v) is 14.5. The largest absolute Gasteiger partial charge is 0.458 e. The van der Waals surface area contributed by atoms with Crippen LogP contribution in [-0.4, -0.2) is 48.6 Å². The summed E-state index contributed by atoms with van der Waals surface area (Å²) in [6.07, 6.45) is 5.08. The third-order valence-electron chi connectivity index (χ3n) is 8.85. The highest BCUT2D eigenvalue weighted by Crippen LogP contribution is 2.64. The molecule has 4 fully saturated rings. The van der Waals surface area contributed by atoms with Crippen LogP contribution in [0.2, 0.25) is 0 Å². The maximum atomic E-state index is 14.2. The van der Waals surface area contributed by atoms with Gasteiger partial charge in [0.25, 0.3) is 0 Å². The first kappa shape index (κ1) is 29.9. The topological polar surface area (TPSA) is 63.2 Å². The average Bonchev–Trinajstić information content (AvgIpc) is 2.63.